The van der Waals surface area contributed by atoms with Gasteiger partial charge in [-0.1, -0.05) is 29.8 Å². The SMILES string of the molecule is CC=C1CN2CC[C@@H]1[C@@](C)(O)c1[nH]c3ccccc3c1C2. The van der Waals surface area contributed by atoms with E-state index in [1.165, 1.54) is 16.5 Å². The number of benzene rings is 1. The third kappa shape index (κ3) is 1.81. The van der Waals surface area contributed by atoms with E-state index in [2.05, 4.69) is 41.1 Å². The molecule has 0 saturated carbocycles. The fraction of sp³-hybridized carbons (Fsp3) is 0.444. The fourth-order valence-corrected chi connectivity index (χ4v) is 4.21. The van der Waals surface area contributed by atoms with Crippen LogP contribution in [0, 0.1) is 5.92 Å². The molecule has 1 fully saturated rings. The number of aromatic nitrogens is 1. The lowest BCUT2D eigenvalue weighted by Gasteiger charge is -2.44. The van der Waals surface area contributed by atoms with Gasteiger partial charge in [0.2, 0.25) is 0 Å². The smallest absolute Gasteiger partial charge is 0.108 e. The van der Waals surface area contributed by atoms with Crippen molar-refractivity contribution < 1.29 is 5.11 Å². The van der Waals surface area contributed by atoms with Gasteiger partial charge in [0.1, 0.15) is 5.60 Å². The summed E-state index contributed by atoms with van der Waals surface area (Å²) >= 11 is 0. The number of hydrogen-bond acceptors (Lipinski definition) is 2. The Labute approximate surface area is 125 Å². The molecule has 2 N–H and O–H groups in total. The predicted octanol–water partition coefficient (Wildman–Crippen LogP) is 3.16. The summed E-state index contributed by atoms with van der Waals surface area (Å²) in [5.41, 5.74) is 3.97. The van der Waals surface area contributed by atoms with Gasteiger partial charge < -0.3 is 10.1 Å². The summed E-state index contributed by atoms with van der Waals surface area (Å²) in [5, 5.41) is 12.6. The Bertz CT molecular complexity index is 726. The molecule has 110 valence electrons. The molecule has 0 radical (unpaired) electrons. The van der Waals surface area contributed by atoms with Crippen LogP contribution < -0.4 is 0 Å². The second kappa shape index (κ2) is 4.46. The molecule has 3 aliphatic heterocycles. The highest BCUT2D eigenvalue weighted by molar-refractivity contribution is 5.85. The summed E-state index contributed by atoms with van der Waals surface area (Å²) < 4.78 is 0. The average Bonchev–Trinajstić information content (AvgIpc) is 2.85. The minimum atomic E-state index is -0.817. The summed E-state index contributed by atoms with van der Waals surface area (Å²) in [4.78, 5) is 6.00. The van der Waals surface area contributed by atoms with E-state index in [0.717, 1.165) is 37.3 Å². The number of hydrogen-bond donors (Lipinski definition) is 2. The van der Waals surface area contributed by atoms with Gasteiger partial charge in [-0.25, -0.2) is 0 Å². The van der Waals surface area contributed by atoms with E-state index < -0.39 is 5.60 Å². The first kappa shape index (κ1) is 13.1. The first-order valence-corrected chi connectivity index (χ1v) is 7.81. The van der Waals surface area contributed by atoms with E-state index >= 15 is 0 Å². The summed E-state index contributed by atoms with van der Waals surface area (Å²) in [6.07, 6.45) is 3.22. The minimum Gasteiger partial charge on any atom is -0.383 e. The molecule has 3 nitrogen and oxygen atoms in total. The Morgan fingerprint density at radius 3 is 2.95 bits per heavy atom. The van der Waals surface area contributed by atoms with Crippen LogP contribution in [0.1, 0.15) is 31.5 Å². The van der Waals surface area contributed by atoms with Crippen LogP contribution in [-0.2, 0) is 12.1 Å². The molecule has 1 saturated heterocycles. The third-order valence-electron chi connectivity index (χ3n) is 5.34. The summed E-state index contributed by atoms with van der Waals surface area (Å²) in [6, 6.07) is 8.39. The topological polar surface area (TPSA) is 39.3 Å². The zero-order valence-corrected chi connectivity index (χ0v) is 12.7. The number of aliphatic hydroxyl groups is 1. The first-order chi connectivity index (χ1) is 10.1. The molecular formula is C18H22N2O. The lowest BCUT2D eigenvalue weighted by atomic mass is 9.74. The second-order valence-electron chi connectivity index (χ2n) is 6.59. The van der Waals surface area contributed by atoms with Gasteiger partial charge in [0.25, 0.3) is 0 Å². The van der Waals surface area contributed by atoms with Crippen molar-refractivity contribution in [1.82, 2.24) is 9.88 Å². The lowest BCUT2D eigenvalue weighted by molar-refractivity contribution is -0.0203. The normalized spacial score (nSPS) is 34.0. The molecule has 3 atom stereocenters. The molecule has 0 spiro atoms. The summed E-state index contributed by atoms with van der Waals surface area (Å²) in [6.45, 7) is 7.04. The van der Waals surface area contributed by atoms with Crippen molar-refractivity contribution in [3.8, 4) is 0 Å². The molecule has 21 heavy (non-hydrogen) atoms. The molecule has 4 heterocycles. The van der Waals surface area contributed by atoms with E-state index in [1.807, 2.05) is 13.0 Å². The number of piperidine rings is 1. The van der Waals surface area contributed by atoms with Crippen LogP contribution in [0.25, 0.3) is 10.9 Å². The van der Waals surface area contributed by atoms with Gasteiger partial charge in [-0.2, -0.15) is 0 Å². The van der Waals surface area contributed by atoms with Gasteiger partial charge in [0.15, 0.2) is 0 Å². The van der Waals surface area contributed by atoms with Crippen molar-refractivity contribution in [2.45, 2.75) is 32.4 Å². The van der Waals surface area contributed by atoms with Gasteiger partial charge in [0, 0.05) is 29.9 Å². The number of nitrogens with zero attached hydrogens (tertiary/aromatic N) is 1. The standard InChI is InChI=1S/C18H22N2O/c1-3-12-10-20-9-8-15(12)18(2,21)17-14(11-20)13-6-4-5-7-16(13)19-17/h3-7,15,19,21H,8-11H2,1-2H3/t15-,18+/m0/s1. The Morgan fingerprint density at radius 2 is 2.14 bits per heavy atom. The maximum Gasteiger partial charge on any atom is 0.108 e. The Balaban J connectivity index is 1.99. The van der Waals surface area contributed by atoms with E-state index in [4.69, 9.17) is 0 Å². The van der Waals surface area contributed by atoms with Crippen LogP contribution in [0.5, 0.6) is 0 Å². The highest BCUT2D eigenvalue weighted by Gasteiger charge is 2.43. The molecule has 1 unspecified atom stereocenters. The van der Waals surface area contributed by atoms with Crippen LogP contribution >= 0.6 is 0 Å². The van der Waals surface area contributed by atoms with Crippen molar-refractivity contribution >= 4 is 10.9 Å². The maximum atomic E-state index is 11.3. The number of fused-ring (bicyclic) bond motifs is 3. The zero-order valence-electron chi connectivity index (χ0n) is 12.7. The van der Waals surface area contributed by atoms with E-state index in [9.17, 15) is 5.11 Å². The van der Waals surface area contributed by atoms with Crippen molar-refractivity contribution in [3.63, 3.8) is 0 Å². The Morgan fingerprint density at radius 1 is 1.33 bits per heavy atom. The first-order valence-electron chi connectivity index (χ1n) is 7.81. The van der Waals surface area contributed by atoms with Crippen molar-refractivity contribution in [2.75, 3.05) is 13.1 Å². The van der Waals surface area contributed by atoms with E-state index in [-0.39, 0.29) is 5.92 Å². The molecule has 3 heteroatoms. The number of H-pyrrole nitrogens is 1. The van der Waals surface area contributed by atoms with Crippen LogP contribution in [0.4, 0.5) is 0 Å². The van der Waals surface area contributed by atoms with Crippen LogP contribution in [0.3, 0.4) is 0 Å². The predicted molar refractivity (Wildman–Crippen MR) is 85.0 cm³/mol. The lowest BCUT2D eigenvalue weighted by Crippen LogP contribution is -2.46. The minimum absolute atomic E-state index is 0.214. The Hall–Kier alpha value is -1.58. The van der Waals surface area contributed by atoms with Gasteiger partial charge in [-0.05, 0) is 38.4 Å². The number of rotatable bonds is 0. The van der Waals surface area contributed by atoms with Crippen molar-refractivity contribution in [3.05, 3.63) is 47.2 Å². The molecule has 1 aromatic carbocycles. The van der Waals surface area contributed by atoms with Gasteiger partial charge in [-0.15, -0.1) is 0 Å². The molecule has 1 aromatic heterocycles. The van der Waals surface area contributed by atoms with Crippen molar-refractivity contribution in [1.29, 1.82) is 0 Å². The fourth-order valence-electron chi connectivity index (χ4n) is 4.21. The number of allylic oxidation sites excluding steroid dienone is 1. The van der Waals surface area contributed by atoms with Gasteiger partial charge in [-0.3, -0.25) is 4.90 Å². The highest BCUT2D eigenvalue weighted by atomic mass is 16.3. The summed E-state index contributed by atoms with van der Waals surface area (Å²) in [5.74, 6) is 0.214. The third-order valence-corrected chi connectivity index (χ3v) is 5.34. The number of para-hydroxylation sites is 1. The number of nitrogens with one attached hydrogen (secondary N) is 1. The average molecular weight is 282 g/mol. The molecule has 2 aromatic rings. The van der Waals surface area contributed by atoms with Gasteiger partial charge >= 0.3 is 0 Å². The Kier molecular flexibility index (Phi) is 2.78. The largest absolute Gasteiger partial charge is 0.383 e. The van der Waals surface area contributed by atoms with Crippen molar-refractivity contribution in [2.24, 2.45) is 5.92 Å². The van der Waals surface area contributed by atoms with Gasteiger partial charge in [0.05, 0.1) is 5.69 Å². The molecule has 2 bridgehead atoms. The monoisotopic (exact) mass is 282 g/mol. The van der Waals surface area contributed by atoms with Crippen LogP contribution in [-0.4, -0.2) is 28.1 Å². The molecule has 3 aliphatic rings. The second-order valence-corrected chi connectivity index (χ2v) is 6.59. The van der Waals surface area contributed by atoms with E-state index in [0.29, 0.717) is 0 Å². The molecular weight excluding hydrogens is 260 g/mol. The summed E-state index contributed by atoms with van der Waals surface area (Å²) in [7, 11) is 0. The number of aromatic amines is 1. The zero-order chi connectivity index (χ0) is 14.6. The van der Waals surface area contributed by atoms with Crippen LogP contribution in [0.15, 0.2) is 35.9 Å². The quantitative estimate of drug-likeness (QED) is 0.729. The van der Waals surface area contributed by atoms with E-state index in [1.54, 1.807) is 0 Å². The highest BCUT2D eigenvalue weighted by Crippen LogP contribution is 2.44. The maximum absolute atomic E-state index is 11.3. The molecule has 0 aliphatic carbocycles. The molecule has 0 amide bonds. The van der Waals surface area contributed by atoms with Crippen LogP contribution in [0.2, 0.25) is 0 Å². The molecule has 5 rings (SSSR count).